The molecular weight excluding hydrogens is 255 g/mol. The van der Waals surface area contributed by atoms with Gasteiger partial charge in [-0.2, -0.15) is 0 Å². The Morgan fingerprint density at radius 1 is 1.28 bits per heavy atom. The Morgan fingerprint density at radius 2 is 1.78 bits per heavy atom. The highest BCUT2D eigenvalue weighted by Gasteiger charge is 2.30. The van der Waals surface area contributed by atoms with Gasteiger partial charge < -0.3 is 5.11 Å². The second-order valence-corrected chi connectivity index (χ2v) is 7.31. The van der Waals surface area contributed by atoms with Gasteiger partial charge in [0, 0.05) is 11.8 Å². The van der Waals surface area contributed by atoms with Crippen LogP contribution in [0.2, 0.25) is 0 Å². The molecule has 1 aromatic carbocycles. The number of sulfone groups is 1. The van der Waals surface area contributed by atoms with Crippen LogP contribution in [0.15, 0.2) is 17.0 Å². The number of benzene rings is 1. The lowest BCUT2D eigenvalue weighted by Gasteiger charge is -2.24. The Kier molecular flexibility index (Phi) is 3.89. The molecule has 0 atom stereocenters. The SMILES string of the molecule is CC(C)c1ccc(S(C)(=O)=O)c(C(C)(C)O)c1F. The highest BCUT2D eigenvalue weighted by Crippen LogP contribution is 2.33. The van der Waals surface area contributed by atoms with Crippen LogP contribution in [0.3, 0.4) is 0 Å². The summed E-state index contributed by atoms with van der Waals surface area (Å²) in [5.41, 5.74) is -1.30. The van der Waals surface area contributed by atoms with Gasteiger partial charge in [-0.1, -0.05) is 19.9 Å². The summed E-state index contributed by atoms with van der Waals surface area (Å²) in [4.78, 5) is -0.156. The third-order valence-electron chi connectivity index (χ3n) is 2.77. The van der Waals surface area contributed by atoms with Crippen LogP contribution in [0.25, 0.3) is 0 Å². The number of hydrogen-bond donors (Lipinski definition) is 1. The molecule has 0 fully saturated rings. The standard InChI is InChI=1S/C13H19FO3S/c1-8(2)9-6-7-10(18(5,16)17)11(12(9)14)13(3,4)15/h6-8,15H,1-5H3. The van der Waals surface area contributed by atoms with Crippen LogP contribution in [0, 0.1) is 5.82 Å². The first-order valence-corrected chi connectivity index (χ1v) is 7.60. The van der Waals surface area contributed by atoms with Gasteiger partial charge in [-0.05, 0) is 31.4 Å². The zero-order valence-electron chi connectivity index (χ0n) is 11.3. The summed E-state index contributed by atoms with van der Waals surface area (Å²) >= 11 is 0. The van der Waals surface area contributed by atoms with Gasteiger partial charge in [0.25, 0.3) is 0 Å². The second-order valence-electron chi connectivity index (χ2n) is 5.33. The molecule has 1 rings (SSSR count). The lowest BCUT2D eigenvalue weighted by atomic mass is 9.92. The van der Waals surface area contributed by atoms with Crippen molar-refractivity contribution in [1.82, 2.24) is 0 Å². The van der Waals surface area contributed by atoms with Crippen LogP contribution in [-0.2, 0) is 15.4 Å². The molecule has 3 nitrogen and oxygen atoms in total. The Hall–Kier alpha value is -0.940. The van der Waals surface area contributed by atoms with Gasteiger partial charge in [0.1, 0.15) is 5.82 Å². The van der Waals surface area contributed by atoms with Crippen molar-refractivity contribution in [3.63, 3.8) is 0 Å². The van der Waals surface area contributed by atoms with Gasteiger partial charge in [-0.15, -0.1) is 0 Å². The third-order valence-corrected chi connectivity index (χ3v) is 3.91. The molecule has 0 amide bonds. The molecule has 0 bridgehead atoms. The van der Waals surface area contributed by atoms with E-state index in [1.54, 1.807) is 0 Å². The summed E-state index contributed by atoms with van der Waals surface area (Å²) in [6, 6.07) is 2.83. The minimum absolute atomic E-state index is 0.0836. The second kappa shape index (κ2) is 4.63. The molecule has 18 heavy (non-hydrogen) atoms. The van der Waals surface area contributed by atoms with Crippen molar-refractivity contribution in [1.29, 1.82) is 0 Å². The lowest BCUT2D eigenvalue weighted by molar-refractivity contribution is 0.0710. The summed E-state index contributed by atoms with van der Waals surface area (Å²) in [5.74, 6) is -0.722. The van der Waals surface area contributed by atoms with E-state index in [-0.39, 0.29) is 16.4 Å². The van der Waals surface area contributed by atoms with Crippen LogP contribution < -0.4 is 0 Å². The maximum atomic E-state index is 14.4. The Bertz CT molecular complexity index is 554. The predicted octanol–water partition coefficient (Wildman–Crippen LogP) is 2.58. The number of rotatable bonds is 3. The zero-order valence-corrected chi connectivity index (χ0v) is 12.1. The van der Waals surface area contributed by atoms with Gasteiger partial charge in [0.05, 0.1) is 10.5 Å². The quantitative estimate of drug-likeness (QED) is 0.921. The van der Waals surface area contributed by atoms with E-state index in [1.165, 1.54) is 26.0 Å². The average molecular weight is 274 g/mol. The summed E-state index contributed by atoms with van der Waals surface area (Å²) in [7, 11) is -3.58. The van der Waals surface area contributed by atoms with Crippen LogP contribution in [0.5, 0.6) is 0 Å². The molecule has 1 aromatic rings. The van der Waals surface area contributed by atoms with E-state index in [1.807, 2.05) is 13.8 Å². The first-order chi connectivity index (χ1) is 7.96. The third kappa shape index (κ3) is 2.90. The van der Waals surface area contributed by atoms with Gasteiger partial charge in [-0.3, -0.25) is 0 Å². The molecule has 0 aliphatic carbocycles. The van der Waals surface area contributed by atoms with E-state index in [9.17, 15) is 17.9 Å². The fourth-order valence-corrected chi connectivity index (χ4v) is 2.92. The van der Waals surface area contributed by atoms with E-state index in [0.717, 1.165) is 6.26 Å². The van der Waals surface area contributed by atoms with Crippen LogP contribution in [-0.4, -0.2) is 19.8 Å². The first kappa shape index (κ1) is 15.1. The molecule has 0 radical (unpaired) electrons. The van der Waals surface area contributed by atoms with Crippen molar-refractivity contribution in [3.05, 3.63) is 29.1 Å². The number of halogens is 1. The van der Waals surface area contributed by atoms with E-state index in [4.69, 9.17) is 0 Å². The molecule has 0 aliphatic heterocycles. The highest BCUT2D eigenvalue weighted by atomic mass is 32.2. The largest absolute Gasteiger partial charge is 0.386 e. The van der Waals surface area contributed by atoms with Crippen molar-refractivity contribution in [2.45, 2.75) is 44.1 Å². The van der Waals surface area contributed by atoms with Crippen LogP contribution in [0.1, 0.15) is 44.7 Å². The average Bonchev–Trinajstić information content (AvgIpc) is 2.12. The molecule has 0 heterocycles. The van der Waals surface area contributed by atoms with Crippen molar-refractivity contribution in [3.8, 4) is 0 Å². The maximum absolute atomic E-state index is 14.4. The van der Waals surface area contributed by atoms with Crippen LogP contribution >= 0.6 is 0 Å². The Morgan fingerprint density at radius 3 is 2.11 bits per heavy atom. The van der Waals surface area contributed by atoms with Crippen LogP contribution in [0.4, 0.5) is 4.39 Å². The summed E-state index contributed by atoms with van der Waals surface area (Å²) < 4.78 is 37.7. The van der Waals surface area contributed by atoms with Gasteiger partial charge in [0.2, 0.25) is 0 Å². The molecular formula is C13H19FO3S. The fraction of sp³-hybridized carbons (Fsp3) is 0.538. The van der Waals surface area contributed by atoms with E-state index in [2.05, 4.69) is 0 Å². The molecule has 0 saturated carbocycles. The van der Waals surface area contributed by atoms with Gasteiger partial charge in [0.15, 0.2) is 9.84 Å². The van der Waals surface area contributed by atoms with E-state index >= 15 is 0 Å². The van der Waals surface area contributed by atoms with Crippen molar-refractivity contribution in [2.24, 2.45) is 0 Å². The van der Waals surface area contributed by atoms with Crippen molar-refractivity contribution < 1.29 is 17.9 Å². The molecule has 0 aromatic heterocycles. The minimum Gasteiger partial charge on any atom is -0.386 e. The summed E-state index contributed by atoms with van der Waals surface area (Å²) in [5, 5.41) is 10.0. The Balaban J connectivity index is 3.75. The van der Waals surface area contributed by atoms with E-state index < -0.39 is 21.3 Å². The molecule has 102 valence electrons. The van der Waals surface area contributed by atoms with Crippen molar-refractivity contribution >= 4 is 9.84 Å². The van der Waals surface area contributed by atoms with E-state index in [0.29, 0.717) is 5.56 Å². The van der Waals surface area contributed by atoms with Gasteiger partial charge in [-0.25, -0.2) is 12.8 Å². The predicted molar refractivity (Wildman–Crippen MR) is 68.8 cm³/mol. The maximum Gasteiger partial charge on any atom is 0.176 e. The first-order valence-electron chi connectivity index (χ1n) is 5.71. The molecule has 0 aliphatic rings. The molecule has 1 N–H and O–H groups in total. The van der Waals surface area contributed by atoms with Gasteiger partial charge >= 0.3 is 0 Å². The smallest absolute Gasteiger partial charge is 0.176 e. The lowest BCUT2D eigenvalue weighted by Crippen LogP contribution is -2.23. The summed E-state index contributed by atoms with van der Waals surface area (Å²) in [6.07, 6.45) is 1.01. The molecule has 0 unspecified atom stereocenters. The fourth-order valence-electron chi connectivity index (χ4n) is 1.90. The molecule has 5 heteroatoms. The normalized spacial score (nSPS) is 13.1. The highest BCUT2D eigenvalue weighted by molar-refractivity contribution is 7.90. The Labute approximate surface area is 108 Å². The molecule has 0 spiro atoms. The number of hydrogen-bond acceptors (Lipinski definition) is 3. The summed E-state index contributed by atoms with van der Waals surface area (Å²) in [6.45, 7) is 6.38. The number of aliphatic hydroxyl groups is 1. The van der Waals surface area contributed by atoms with Crippen molar-refractivity contribution in [2.75, 3.05) is 6.26 Å². The molecule has 0 saturated heterocycles. The minimum atomic E-state index is -3.58. The topological polar surface area (TPSA) is 54.4 Å². The zero-order chi connectivity index (χ0) is 14.3. The monoisotopic (exact) mass is 274 g/mol.